The summed E-state index contributed by atoms with van der Waals surface area (Å²) < 4.78 is 5.33. The fourth-order valence-electron chi connectivity index (χ4n) is 1.37. The molecule has 74 valence electrons. The standard InChI is InChI=1S/C10H13N3O/c1-7-3-4-14-9(7)10-12-6-8(13-10)5-11-2/h3-4,6,11H,5H2,1-2H3,(H,12,13). The maximum atomic E-state index is 5.33. The molecule has 4 heteroatoms. The Hall–Kier alpha value is -1.55. The molecule has 0 atom stereocenters. The zero-order chi connectivity index (χ0) is 9.97. The Kier molecular flexibility index (Phi) is 2.37. The lowest BCUT2D eigenvalue weighted by Gasteiger charge is -1.94. The number of H-pyrrole nitrogens is 1. The molecule has 2 heterocycles. The molecule has 0 unspecified atom stereocenters. The molecule has 0 fully saturated rings. The van der Waals surface area contributed by atoms with Crippen LogP contribution in [-0.4, -0.2) is 17.0 Å². The van der Waals surface area contributed by atoms with Crippen molar-refractivity contribution < 1.29 is 4.42 Å². The van der Waals surface area contributed by atoms with Gasteiger partial charge in [-0.15, -0.1) is 0 Å². The molecule has 0 aliphatic carbocycles. The van der Waals surface area contributed by atoms with E-state index in [9.17, 15) is 0 Å². The summed E-state index contributed by atoms with van der Waals surface area (Å²) in [5, 5.41) is 3.06. The fraction of sp³-hybridized carbons (Fsp3) is 0.300. The lowest BCUT2D eigenvalue weighted by Crippen LogP contribution is -2.04. The lowest BCUT2D eigenvalue weighted by molar-refractivity contribution is 0.576. The third-order valence-electron chi connectivity index (χ3n) is 2.07. The molecule has 2 aromatic rings. The van der Waals surface area contributed by atoms with E-state index in [0.717, 1.165) is 29.4 Å². The second-order valence-electron chi connectivity index (χ2n) is 3.22. The van der Waals surface area contributed by atoms with E-state index in [-0.39, 0.29) is 0 Å². The number of hydrogen-bond acceptors (Lipinski definition) is 3. The average Bonchev–Trinajstić information content (AvgIpc) is 2.74. The highest BCUT2D eigenvalue weighted by atomic mass is 16.3. The van der Waals surface area contributed by atoms with E-state index in [4.69, 9.17) is 4.42 Å². The van der Waals surface area contributed by atoms with Gasteiger partial charge in [-0.3, -0.25) is 0 Å². The molecule has 0 bridgehead atoms. The maximum absolute atomic E-state index is 5.33. The number of aromatic amines is 1. The van der Waals surface area contributed by atoms with Crippen molar-refractivity contribution >= 4 is 0 Å². The van der Waals surface area contributed by atoms with Crippen LogP contribution in [0.3, 0.4) is 0 Å². The van der Waals surface area contributed by atoms with E-state index in [1.54, 1.807) is 6.26 Å². The van der Waals surface area contributed by atoms with E-state index in [2.05, 4.69) is 15.3 Å². The van der Waals surface area contributed by atoms with Crippen molar-refractivity contribution in [2.45, 2.75) is 13.5 Å². The van der Waals surface area contributed by atoms with Gasteiger partial charge in [0.25, 0.3) is 0 Å². The van der Waals surface area contributed by atoms with Crippen molar-refractivity contribution in [2.24, 2.45) is 0 Å². The largest absolute Gasteiger partial charge is 0.461 e. The first kappa shape index (κ1) is 9.02. The van der Waals surface area contributed by atoms with Crippen LogP contribution in [0.15, 0.2) is 22.9 Å². The average molecular weight is 191 g/mol. The molecule has 0 aliphatic heterocycles. The SMILES string of the molecule is CNCc1cnc(-c2occc2C)[nH]1. The second kappa shape index (κ2) is 3.67. The number of aromatic nitrogens is 2. The van der Waals surface area contributed by atoms with Crippen molar-refractivity contribution in [3.63, 3.8) is 0 Å². The van der Waals surface area contributed by atoms with Gasteiger partial charge in [0.2, 0.25) is 0 Å². The van der Waals surface area contributed by atoms with Crippen molar-refractivity contribution in [1.82, 2.24) is 15.3 Å². The Bertz CT molecular complexity index is 416. The quantitative estimate of drug-likeness (QED) is 0.776. The van der Waals surface area contributed by atoms with E-state index in [0.29, 0.717) is 0 Å². The normalized spacial score (nSPS) is 10.7. The Morgan fingerprint density at radius 2 is 2.43 bits per heavy atom. The molecule has 14 heavy (non-hydrogen) atoms. The molecular weight excluding hydrogens is 178 g/mol. The lowest BCUT2D eigenvalue weighted by atomic mass is 10.3. The van der Waals surface area contributed by atoms with Crippen LogP contribution < -0.4 is 5.32 Å². The fourth-order valence-corrected chi connectivity index (χ4v) is 1.37. The van der Waals surface area contributed by atoms with Gasteiger partial charge in [-0.05, 0) is 25.6 Å². The van der Waals surface area contributed by atoms with Crippen LogP contribution in [0.1, 0.15) is 11.3 Å². The van der Waals surface area contributed by atoms with Crippen LogP contribution in [0.4, 0.5) is 0 Å². The van der Waals surface area contributed by atoms with Gasteiger partial charge >= 0.3 is 0 Å². The highest BCUT2D eigenvalue weighted by Crippen LogP contribution is 2.20. The van der Waals surface area contributed by atoms with E-state index in [1.165, 1.54) is 0 Å². The topological polar surface area (TPSA) is 53.9 Å². The van der Waals surface area contributed by atoms with E-state index >= 15 is 0 Å². The molecule has 2 aromatic heterocycles. The Balaban J connectivity index is 2.29. The summed E-state index contributed by atoms with van der Waals surface area (Å²) in [4.78, 5) is 7.44. The summed E-state index contributed by atoms with van der Waals surface area (Å²) in [5.41, 5.74) is 2.15. The summed E-state index contributed by atoms with van der Waals surface area (Å²) in [6, 6.07) is 1.93. The van der Waals surface area contributed by atoms with Crippen LogP contribution >= 0.6 is 0 Å². The van der Waals surface area contributed by atoms with Gasteiger partial charge in [0.15, 0.2) is 11.6 Å². The molecule has 4 nitrogen and oxygen atoms in total. The van der Waals surface area contributed by atoms with Crippen LogP contribution in [0, 0.1) is 6.92 Å². The van der Waals surface area contributed by atoms with Crippen LogP contribution in [-0.2, 0) is 6.54 Å². The van der Waals surface area contributed by atoms with E-state index in [1.807, 2.05) is 26.2 Å². The Morgan fingerprint density at radius 3 is 3.07 bits per heavy atom. The molecule has 0 saturated carbocycles. The minimum Gasteiger partial charge on any atom is -0.461 e. The summed E-state index contributed by atoms with van der Waals surface area (Å²) in [7, 11) is 1.90. The van der Waals surface area contributed by atoms with Crippen molar-refractivity contribution in [2.75, 3.05) is 7.05 Å². The Labute approximate surface area is 82.4 Å². The molecule has 0 aromatic carbocycles. The molecular formula is C10H13N3O. The molecule has 0 saturated heterocycles. The molecule has 2 N–H and O–H groups in total. The third kappa shape index (κ3) is 1.56. The number of furan rings is 1. The number of rotatable bonds is 3. The van der Waals surface area contributed by atoms with Gasteiger partial charge < -0.3 is 14.7 Å². The number of aryl methyl sites for hydroxylation is 1. The first-order valence-electron chi connectivity index (χ1n) is 4.54. The summed E-state index contributed by atoms with van der Waals surface area (Å²) >= 11 is 0. The second-order valence-corrected chi connectivity index (χ2v) is 3.22. The van der Waals surface area contributed by atoms with Gasteiger partial charge in [0.05, 0.1) is 12.5 Å². The van der Waals surface area contributed by atoms with Gasteiger partial charge in [-0.2, -0.15) is 0 Å². The van der Waals surface area contributed by atoms with E-state index < -0.39 is 0 Å². The molecule has 0 spiro atoms. The predicted octanol–water partition coefficient (Wildman–Crippen LogP) is 1.70. The number of imidazole rings is 1. The number of nitrogens with zero attached hydrogens (tertiary/aromatic N) is 1. The molecule has 2 rings (SSSR count). The van der Waals surface area contributed by atoms with Crippen molar-refractivity contribution in [1.29, 1.82) is 0 Å². The number of nitrogens with one attached hydrogen (secondary N) is 2. The highest BCUT2D eigenvalue weighted by Gasteiger charge is 2.08. The van der Waals surface area contributed by atoms with Gasteiger partial charge in [-0.25, -0.2) is 4.98 Å². The summed E-state index contributed by atoms with van der Waals surface area (Å²) in [6.45, 7) is 2.78. The Morgan fingerprint density at radius 1 is 1.57 bits per heavy atom. The van der Waals surface area contributed by atoms with Crippen LogP contribution in [0.5, 0.6) is 0 Å². The third-order valence-corrected chi connectivity index (χ3v) is 2.07. The zero-order valence-electron chi connectivity index (χ0n) is 8.29. The highest BCUT2D eigenvalue weighted by molar-refractivity contribution is 5.52. The van der Waals surface area contributed by atoms with Gasteiger partial charge in [0.1, 0.15) is 0 Å². The summed E-state index contributed by atoms with van der Waals surface area (Å²) in [6.07, 6.45) is 3.48. The monoisotopic (exact) mass is 191 g/mol. The molecule has 0 radical (unpaired) electrons. The minimum atomic E-state index is 0.784. The van der Waals surface area contributed by atoms with Gasteiger partial charge in [0, 0.05) is 12.2 Å². The minimum absolute atomic E-state index is 0.784. The zero-order valence-corrected chi connectivity index (χ0v) is 8.29. The van der Waals surface area contributed by atoms with Crippen molar-refractivity contribution in [3.05, 3.63) is 29.8 Å². The first-order valence-corrected chi connectivity index (χ1v) is 4.54. The van der Waals surface area contributed by atoms with Gasteiger partial charge in [-0.1, -0.05) is 0 Å². The molecule has 0 amide bonds. The maximum Gasteiger partial charge on any atom is 0.174 e. The predicted molar refractivity (Wildman–Crippen MR) is 53.8 cm³/mol. The van der Waals surface area contributed by atoms with Crippen molar-refractivity contribution in [3.8, 4) is 11.6 Å². The van der Waals surface area contributed by atoms with Crippen LogP contribution in [0.2, 0.25) is 0 Å². The number of hydrogen-bond donors (Lipinski definition) is 2. The molecule has 0 aliphatic rings. The smallest absolute Gasteiger partial charge is 0.174 e. The van der Waals surface area contributed by atoms with Crippen LogP contribution in [0.25, 0.3) is 11.6 Å². The summed E-state index contributed by atoms with van der Waals surface area (Å²) in [5.74, 6) is 1.60. The first-order chi connectivity index (χ1) is 6.81.